The normalized spacial score (nSPS) is 22.4. The quantitative estimate of drug-likeness (QED) is 0.449. The molecule has 0 amide bonds. The molecule has 3 aliphatic heterocycles. The van der Waals surface area contributed by atoms with E-state index in [9.17, 15) is 5.11 Å². The Labute approximate surface area is 206 Å². The first-order chi connectivity index (χ1) is 17.2. The Morgan fingerprint density at radius 1 is 0.914 bits per heavy atom. The van der Waals surface area contributed by atoms with Crippen LogP contribution in [0.2, 0.25) is 0 Å². The highest BCUT2D eigenvalue weighted by Crippen LogP contribution is 2.39. The number of phenolic OH excluding ortho intramolecular Hbond substituents is 1. The summed E-state index contributed by atoms with van der Waals surface area (Å²) in [5.41, 5.74) is 11.0. The molecule has 2 bridgehead atoms. The molecule has 35 heavy (non-hydrogen) atoms. The number of aromatic nitrogens is 2. The van der Waals surface area contributed by atoms with Crippen molar-refractivity contribution in [3.05, 3.63) is 54.6 Å². The van der Waals surface area contributed by atoms with Crippen molar-refractivity contribution in [1.82, 2.24) is 15.5 Å². The molecule has 2 aromatic carbocycles. The number of fused-ring (bicyclic) bond motifs is 2. The fourth-order valence-electron chi connectivity index (χ4n) is 5.95. The van der Waals surface area contributed by atoms with Crippen molar-refractivity contribution in [1.29, 1.82) is 0 Å². The molecule has 6 rings (SSSR count). The molecule has 0 aliphatic carbocycles. The van der Waals surface area contributed by atoms with E-state index in [1.165, 1.54) is 11.4 Å². The molecule has 0 spiro atoms. The number of piperazine rings is 1. The molecule has 8 nitrogen and oxygen atoms in total. The first-order valence-corrected chi connectivity index (χ1v) is 12.7. The van der Waals surface area contributed by atoms with E-state index >= 15 is 0 Å². The molecule has 0 saturated carbocycles. The van der Waals surface area contributed by atoms with Crippen molar-refractivity contribution in [3.63, 3.8) is 0 Å². The maximum Gasteiger partial charge on any atom is 0.169 e. The third-order valence-corrected chi connectivity index (χ3v) is 7.66. The number of benzene rings is 2. The smallest absolute Gasteiger partial charge is 0.169 e. The third-order valence-electron chi connectivity index (χ3n) is 7.66. The minimum absolute atomic E-state index is 0.195. The number of anilines is 4. The zero-order chi connectivity index (χ0) is 23.8. The van der Waals surface area contributed by atoms with Crippen molar-refractivity contribution >= 4 is 22.9 Å². The van der Waals surface area contributed by atoms with E-state index in [1.54, 1.807) is 12.1 Å². The summed E-state index contributed by atoms with van der Waals surface area (Å²) in [6, 6.07) is 19.5. The van der Waals surface area contributed by atoms with Crippen LogP contribution in [0, 0.1) is 0 Å². The Kier molecular flexibility index (Phi) is 5.82. The number of para-hydroxylation sites is 1. The van der Waals surface area contributed by atoms with Crippen LogP contribution in [0.4, 0.5) is 22.9 Å². The molecule has 0 radical (unpaired) electrons. The number of phenols is 1. The van der Waals surface area contributed by atoms with Crippen LogP contribution in [0.3, 0.4) is 0 Å². The Balaban J connectivity index is 1.22. The van der Waals surface area contributed by atoms with E-state index in [1.807, 2.05) is 18.2 Å². The number of nitrogens with zero attached hydrogens (tertiary/aromatic N) is 4. The Morgan fingerprint density at radius 2 is 1.69 bits per heavy atom. The monoisotopic (exact) mass is 471 g/mol. The summed E-state index contributed by atoms with van der Waals surface area (Å²) in [4.78, 5) is 4.96. The second-order valence-corrected chi connectivity index (χ2v) is 9.93. The molecule has 3 saturated heterocycles. The van der Waals surface area contributed by atoms with Gasteiger partial charge in [0.15, 0.2) is 5.82 Å². The maximum atomic E-state index is 10.3. The number of hydrogen-bond acceptors (Lipinski definition) is 8. The lowest BCUT2D eigenvalue weighted by molar-refractivity contribution is 0.477. The van der Waals surface area contributed by atoms with Gasteiger partial charge in [-0.1, -0.05) is 18.2 Å². The van der Waals surface area contributed by atoms with Gasteiger partial charge in [0.05, 0.1) is 11.4 Å². The van der Waals surface area contributed by atoms with Gasteiger partial charge in [-0.2, -0.15) is 0 Å². The third kappa shape index (κ3) is 4.34. The van der Waals surface area contributed by atoms with E-state index < -0.39 is 0 Å². The first-order valence-electron chi connectivity index (χ1n) is 12.7. The van der Waals surface area contributed by atoms with E-state index in [-0.39, 0.29) is 5.75 Å². The zero-order valence-corrected chi connectivity index (χ0v) is 19.9. The molecule has 3 aromatic rings. The second-order valence-electron chi connectivity index (χ2n) is 9.93. The predicted molar refractivity (Wildman–Crippen MR) is 141 cm³/mol. The molecule has 0 unspecified atom stereocenters. The molecule has 5 N–H and O–H groups in total. The minimum Gasteiger partial charge on any atom is -0.507 e. The molecule has 2 atom stereocenters. The van der Waals surface area contributed by atoms with Crippen molar-refractivity contribution < 1.29 is 5.11 Å². The number of nitrogen functional groups attached to an aromatic ring is 1. The zero-order valence-electron chi connectivity index (χ0n) is 19.9. The Hall–Kier alpha value is -3.52. The lowest BCUT2D eigenvalue weighted by Crippen LogP contribution is -2.54. The van der Waals surface area contributed by atoms with Gasteiger partial charge in [-0.05, 0) is 75.2 Å². The van der Waals surface area contributed by atoms with E-state index in [2.05, 4.69) is 54.9 Å². The van der Waals surface area contributed by atoms with Crippen LogP contribution in [0.15, 0.2) is 54.6 Å². The van der Waals surface area contributed by atoms with Crippen LogP contribution in [0.25, 0.3) is 11.3 Å². The van der Waals surface area contributed by atoms with Gasteiger partial charge >= 0.3 is 0 Å². The van der Waals surface area contributed by atoms with Crippen LogP contribution in [-0.2, 0) is 0 Å². The number of nitrogens with one attached hydrogen (secondary N) is 2. The van der Waals surface area contributed by atoms with Gasteiger partial charge < -0.3 is 31.3 Å². The maximum absolute atomic E-state index is 10.3. The number of piperidine rings is 1. The summed E-state index contributed by atoms with van der Waals surface area (Å²) >= 11 is 0. The van der Waals surface area contributed by atoms with E-state index in [0.29, 0.717) is 35.2 Å². The summed E-state index contributed by atoms with van der Waals surface area (Å²) in [7, 11) is 0. The fourth-order valence-corrected chi connectivity index (χ4v) is 5.95. The number of hydrogen-bond donors (Lipinski definition) is 4. The van der Waals surface area contributed by atoms with Crippen molar-refractivity contribution in [2.45, 2.75) is 43.8 Å². The van der Waals surface area contributed by atoms with Crippen LogP contribution >= 0.6 is 0 Å². The largest absolute Gasteiger partial charge is 0.507 e. The lowest BCUT2D eigenvalue weighted by atomic mass is 10.1. The number of nitrogens with two attached hydrogens (primary N) is 1. The predicted octanol–water partition coefficient (Wildman–Crippen LogP) is 3.45. The Morgan fingerprint density at radius 3 is 2.46 bits per heavy atom. The highest BCUT2D eigenvalue weighted by molar-refractivity contribution is 5.74. The van der Waals surface area contributed by atoms with Crippen LogP contribution in [0.5, 0.6) is 5.75 Å². The van der Waals surface area contributed by atoms with Gasteiger partial charge in [-0.15, -0.1) is 10.2 Å². The highest BCUT2D eigenvalue weighted by Gasteiger charge is 2.40. The highest BCUT2D eigenvalue weighted by atomic mass is 16.3. The standard InChI is InChI=1S/C27H33N7O/c28-27-25(15-24(31-32-27)23-6-1-2-7-26(23)35)33-16-21-8-9-22(17-33)34(21)20-5-3-4-19(14-20)30-18-10-12-29-13-11-18/h1-7,14-15,18,21-22,29-30,35H,8-13,16-17H2,(H2,28,32)/t21-,22+. The summed E-state index contributed by atoms with van der Waals surface area (Å²) in [6.07, 6.45) is 4.66. The van der Waals surface area contributed by atoms with Gasteiger partial charge in [0.1, 0.15) is 5.75 Å². The average Bonchev–Trinajstić information content (AvgIpc) is 3.15. The van der Waals surface area contributed by atoms with Crippen molar-refractivity contribution in [2.24, 2.45) is 0 Å². The molecule has 1 aromatic heterocycles. The molecular weight excluding hydrogens is 438 g/mol. The Bertz CT molecular complexity index is 1180. The molecular formula is C27H33N7O. The molecule has 182 valence electrons. The van der Waals surface area contributed by atoms with Gasteiger partial charge in [-0.25, -0.2) is 0 Å². The minimum atomic E-state index is 0.195. The van der Waals surface area contributed by atoms with Gasteiger partial charge in [0.25, 0.3) is 0 Å². The van der Waals surface area contributed by atoms with Gasteiger partial charge in [0, 0.05) is 48.2 Å². The van der Waals surface area contributed by atoms with Gasteiger partial charge in [0.2, 0.25) is 0 Å². The summed E-state index contributed by atoms with van der Waals surface area (Å²) in [5.74, 6) is 0.630. The summed E-state index contributed by atoms with van der Waals surface area (Å²) < 4.78 is 0. The molecule has 4 heterocycles. The topological polar surface area (TPSA) is 103 Å². The molecule has 3 fully saturated rings. The SMILES string of the molecule is Nc1nnc(-c2ccccc2O)cc1N1C[C@H]2CC[C@@H](C1)N2c1cccc(NC2CCNCC2)c1. The van der Waals surface area contributed by atoms with Crippen molar-refractivity contribution in [3.8, 4) is 17.0 Å². The number of aromatic hydroxyl groups is 1. The number of rotatable bonds is 5. The van der Waals surface area contributed by atoms with E-state index in [4.69, 9.17) is 5.73 Å². The van der Waals surface area contributed by atoms with Crippen LogP contribution in [0.1, 0.15) is 25.7 Å². The summed E-state index contributed by atoms with van der Waals surface area (Å²) in [6.45, 7) is 3.95. The molecule has 3 aliphatic rings. The van der Waals surface area contributed by atoms with E-state index in [0.717, 1.165) is 57.5 Å². The van der Waals surface area contributed by atoms with Crippen LogP contribution < -0.4 is 26.2 Å². The molecule has 8 heteroatoms. The van der Waals surface area contributed by atoms with Crippen LogP contribution in [-0.4, -0.2) is 59.6 Å². The second kappa shape index (κ2) is 9.26. The lowest BCUT2D eigenvalue weighted by Gasteiger charge is -2.43. The first kappa shape index (κ1) is 22.0. The van der Waals surface area contributed by atoms with Crippen molar-refractivity contribution in [2.75, 3.05) is 47.0 Å². The summed E-state index contributed by atoms with van der Waals surface area (Å²) in [5, 5.41) is 26.0. The van der Waals surface area contributed by atoms with Gasteiger partial charge in [-0.3, -0.25) is 0 Å². The average molecular weight is 472 g/mol. The fraction of sp³-hybridized carbons (Fsp3) is 0.407.